The minimum absolute atomic E-state index is 0.0298. The number of likely N-dealkylation sites (tertiary alicyclic amines) is 1. The summed E-state index contributed by atoms with van der Waals surface area (Å²) in [4.78, 5) is 24.2. The minimum Gasteiger partial charge on any atom is -0.394 e. The van der Waals surface area contributed by atoms with Crippen LogP contribution in [0.4, 0.5) is 5.69 Å². The van der Waals surface area contributed by atoms with Crippen LogP contribution < -0.4 is 0 Å². The topological polar surface area (TPSA) is 83.7 Å². The van der Waals surface area contributed by atoms with Crippen molar-refractivity contribution in [3.05, 3.63) is 38.9 Å². The van der Waals surface area contributed by atoms with Crippen LogP contribution in [-0.2, 0) is 0 Å². The van der Waals surface area contributed by atoms with E-state index >= 15 is 0 Å². The summed E-state index contributed by atoms with van der Waals surface area (Å²) in [5, 5.41) is 20.4. The highest BCUT2D eigenvalue weighted by atomic mass is 35.5. The Balaban J connectivity index is 2.37. The van der Waals surface area contributed by atoms with Gasteiger partial charge in [0.2, 0.25) is 0 Å². The molecule has 102 valence electrons. The van der Waals surface area contributed by atoms with Gasteiger partial charge in [-0.15, -0.1) is 0 Å². The van der Waals surface area contributed by atoms with Crippen molar-refractivity contribution in [2.24, 2.45) is 0 Å². The second-order valence-electron chi connectivity index (χ2n) is 4.40. The molecule has 0 radical (unpaired) electrons. The predicted molar refractivity (Wildman–Crippen MR) is 69.3 cm³/mol. The highest BCUT2D eigenvalue weighted by molar-refractivity contribution is 6.31. The molecule has 1 heterocycles. The number of hydrogen-bond acceptors (Lipinski definition) is 4. The number of nitro benzene ring substituents is 1. The summed E-state index contributed by atoms with van der Waals surface area (Å²) >= 11 is 5.80. The van der Waals surface area contributed by atoms with Crippen LogP contribution in [0.3, 0.4) is 0 Å². The number of halogens is 1. The molecule has 0 aliphatic carbocycles. The van der Waals surface area contributed by atoms with Crippen LogP contribution in [0.1, 0.15) is 23.2 Å². The molecule has 1 aromatic carbocycles. The minimum atomic E-state index is -0.604. The average molecular weight is 285 g/mol. The van der Waals surface area contributed by atoms with E-state index in [0.717, 1.165) is 6.42 Å². The monoisotopic (exact) mass is 284 g/mol. The van der Waals surface area contributed by atoms with Gasteiger partial charge in [-0.05, 0) is 25.0 Å². The van der Waals surface area contributed by atoms with Crippen molar-refractivity contribution in [3.8, 4) is 0 Å². The summed E-state index contributed by atoms with van der Waals surface area (Å²) in [5.74, 6) is -0.453. The van der Waals surface area contributed by atoms with Crippen LogP contribution in [-0.4, -0.2) is 40.0 Å². The summed E-state index contributed by atoms with van der Waals surface area (Å²) in [6.45, 7) is 0.355. The second-order valence-corrected chi connectivity index (χ2v) is 4.83. The molecular weight excluding hydrogens is 272 g/mol. The molecule has 0 aromatic heterocycles. The first-order chi connectivity index (χ1) is 9.04. The molecule has 1 atom stereocenters. The molecular formula is C12H13ClN2O4. The number of rotatable bonds is 3. The van der Waals surface area contributed by atoms with Gasteiger partial charge < -0.3 is 10.0 Å². The largest absolute Gasteiger partial charge is 0.394 e. The van der Waals surface area contributed by atoms with Gasteiger partial charge in [-0.1, -0.05) is 11.6 Å². The van der Waals surface area contributed by atoms with Crippen LogP contribution in [0.2, 0.25) is 5.02 Å². The van der Waals surface area contributed by atoms with E-state index < -0.39 is 10.8 Å². The smallest absolute Gasteiger partial charge is 0.282 e. The van der Waals surface area contributed by atoms with Crippen LogP contribution in [0.25, 0.3) is 0 Å². The summed E-state index contributed by atoms with van der Waals surface area (Å²) in [6, 6.07) is 3.63. The first-order valence-corrected chi connectivity index (χ1v) is 6.28. The normalized spacial score (nSPS) is 18.6. The molecule has 0 saturated carbocycles. The molecule has 1 aromatic rings. The highest BCUT2D eigenvalue weighted by Gasteiger charge is 2.32. The van der Waals surface area contributed by atoms with Crippen LogP contribution in [0.5, 0.6) is 0 Å². The quantitative estimate of drug-likeness (QED) is 0.678. The molecule has 19 heavy (non-hydrogen) atoms. The van der Waals surface area contributed by atoms with E-state index in [1.165, 1.54) is 23.1 Å². The van der Waals surface area contributed by atoms with Crippen molar-refractivity contribution in [1.82, 2.24) is 4.90 Å². The maximum atomic E-state index is 12.3. The summed E-state index contributed by atoms with van der Waals surface area (Å²) < 4.78 is 0. The molecule has 0 bridgehead atoms. The van der Waals surface area contributed by atoms with E-state index in [9.17, 15) is 20.0 Å². The van der Waals surface area contributed by atoms with Crippen molar-refractivity contribution in [2.75, 3.05) is 13.2 Å². The van der Waals surface area contributed by atoms with Crippen molar-refractivity contribution in [3.63, 3.8) is 0 Å². The van der Waals surface area contributed by atoms with E-state index in [-0.39, 0.29) is 28.9 Å². The van der Waals surface area contributed by atoms with E-state index in [2.05, 4.69) is 0 Å². The van der Waals surface area contributed by atoms with E-state index in [1.54, 1.807) is 0 Å². The summed E-state index contributed by atoms with van der Waals surface area (Å²) in [7, 11) is 0. The van der Waals surface area contributed by atoms with E-state index in [1.807, 2.05) is 0 Å². The van der Waals surface area contributed by atoms with E-state index in [0.29, 0.717) is 13.0 Å². The Bertz CT molecular complexity index is 520. The van der Waals surface area contributed by atoms with Gasteiger partial charge in [0.05, 0.1) is 17.6 Å². The Morgan fingerprint density at radius 1 is 1.58 bits per heavy atom. The standard InChI is InChI=1S/C12H13ClN2O4/c13-8-3-4-11(15(18)19)10(6-8)12(17)14-5-1-2-9(14)7-16/h3-4,6,9,16H,1-2,5,7H2/t9-/m0/s1. The Morgan fingerprint density at radius 3 is 2.95 bits per heavy atom. The lowest BCUT2D eigenvalue weighted by Gasteiger charge is -2.22. The van der Waals surface area contributed by atoms with Gasteiger partial charge in [-0.25, -0.2) is 0 Å². The first-order valence-electron chi connectivity index (χ1n) is 5.90. The third kappa shape index (κ3) is 2.69. The molecule has 0 spiro atoms. The van der Waals surface area contributed by atoms with E-state index in [4.69, 9.17) is 11.6 Å². The molecule has 1 amide bonds. The fourth-order valence-corrected chi connectivity index (χ4v) is 2.46. The fourth-order valence-electron chi connectivity index (χ4n) is 2.29. The Morgan fingerprint density at radius 2 is 2.32 bits per heavy atom. The molecule has 1 N–H and O–H groups in total. The molecule has 1 fully saturated rings. The number of nitro groups is 1. The summed E-state index contributed by atoms with van der Waals surface area (Å²) in [6.07, 6.45) is 1.49. The van der Waals surface area contributed by atoms with Crippen LogP contribution >= 0.6 is 11.6 Å². The lowest BCUT2D eigenvalue weighted by molar-refractivity contribution is -0.385. The molecule has 2 rings (SSSR count). The zero-order valence-corrected chi connectivity index (χ0v) is 10.8. The Hall–Kier alpha value is -1.66. The van der Waals surface area contributed by atoms with Gasteiger partial charge in [0, 0.05) is 17.6 Å². The molecule has 0 unspecified atom stereocenters. The van der Waals surface area contributed by atoms with Gasteiger partial charge in [0.25, 0.3) is 11.6 Å². The lowest BCUT2D eigenvalue weighted by Crippen LogP contribution is -2.37. The van der Waals surface area contributed by atoms with Crippen molar-refractivity contribution >= 4 is 23.2 Å². The third-order valence-corrected chi connectivity index (χ3v) is 3.47. The van der Waals surface area contributed by atoms with Crippen molar-refractivity contribution in [2.45, 2.75) is 18.9 Å². The van der Waals surface area contributed by atoms with Crippen molar-refractivity contribution in [1.29, 1.82) is 0 Å². The molecule has 6 nitrogen and oxygen atoms in total. The Kier molecular flexibility index (Phi) is 4.01. The SMILES string of the molecule is O=C(c1cc(Cl)ccc1[N+](=O)[O-])N1CCC[C@H]1CO. The Labute approximate surface area is 114 Å². The third-order valence-electron chi connectivity index (χ3n) is 3.23. The van der Waals surface area contributed by atoms with Crippen LogP contribution in [0.15, 0.2) is 18.2 Å². The van der Waals surface area contributed by atoms with Gasteiger partial charge in [0.1, 0.15) is 5.56 Å². The average Bonchev–Trinajstić information content (AvgIpc) is 2.85. The number of amides is 1. The molecule has 1 aliphatic rings. The highest BCUT2D eigenvalue weighted by Crippen LogP contribution is 2.27. The number of aliphatic hydroxyl groups is 1. The number of carbonyl (C=O) groups is 1. The zero-order chi connectivity index (χ0) is 14.0. The maximum Gasteiger partial charge on any atom is 0.282 e. The second kappa shape index (κ2) is 5.54. The number of nitrogens with zero attached hydrogens (tertiary/aromatic N) is 2. The first kappa shape index (κ1) is 13.8. The molecule has 1 saturated heterocycles. The number of carbonyl (C=O) groups excluding carboxylic acids is 1. The lowest BCUT2D eigenvalue weighted by atomic mass is 10.1. The zero-order valence-electron chi connectivity index (χ0n) is 10.1. The maximum absolute atomic E-state index is 12.3. The summed E-state index contributed by atoms with van der Waals surface area (Å²) in [5.41, 5.74) is -0.296. The number of aliphatic hydroxyl groups excluding tert-OH is 1. The molecule has 1 aliphatic heterocycles. The number of hydrogen-bond donors (Lipinski definition) is 1. The van der Waals surface area contributed by atoms with Gasteiger partial charge in [0.15, 0.2) is 0 Å². The van der Waals surface area contributed by atoms with Gasteiger partial charge in [-0.2, -0.15) is 0 Å². The molecule has 7 heteroatoms. The predicted octanol–water partition coefficient (Wildman–Crippen LogP) is 1.85. The fraction of sp³-hybridized carbons (Fsp3) is 0.417. The van der Waals surface area contributed by atoms with Crippen LogP contribution in [0, 0.1) is 10.1 Å². The van der Waals surface area contributed by atoms with Crippen molar-refractivity contribution < 1.29 is 14.8 Å². The van der Waals surface area contributed by atoms with Gasteiger partial charge >= 0.3 is 0 Å². The number of benzene rings is 1. The van der Waals surface area contributed by atoms with Gasteiger partial charge in [-0.3, -0.25) is 14.9 Å².